The Labute approximate surface area is 127 Å². The van der Waals surface area contributed by atoms with E-state index in [2.05, 4.69) is 4.72 Å². The lowest BCUT2D eigenvalue weighted by Crippen LogP contribution is -2.15. The fraction of sp³-hybridized carbons (Fsp3) is 0.133. The van der Waals surface area contributed by atoms with Gasteiger partial charge in [0, 0.05) is 0 Å². The summed E-state index contributed by atoms with van der Waals surface area (Å²) in [5.74, 6) is -1.78. The van der Waals surface area contributed by atoms with Gasteiger partial charge in [-0.15, -0.1) is 0 Å². The summed E-state index contributed by atoms with van der Waals surface area (Å²) in [5.41, 5.74) is 1.02. The van der Waals surface area contributed by atoms with E-state index in [9.17, 15) is 17.6 Å². The summed E-state index contributed by atoms with van der Waals surface area (Å²) >= 11 is 0. The van der Waals surface area contributed by atoms with Crippen LogP contribution in [0, 0.1) is 19.7 Å². The molecule has 0 fully saturated rings. The molecule has 0 radical (unpaired) electrons. The second-order valence-corrected chi connectivity index (χ2v) is 6.52. The zero-order valence-corrected chi connectivity index (χ0v) is 12.7. The lowest BCUT2D eigenvalue weighted by Gasteiger charge is -2.12. The first kappa shape index (κ1) is 16.0. The second-order valence-electron chi connectivity index (χ2n) is 4.83. The van der Waals surface area contributed by atoms with Gasteiger partial charge in [0.15, 0.2) is 0 Å². The highest BCUT2D eigenvalue weighted by molar-refractivity contribution is 7.92. The first-order chi connectivity index (χ1) is 10.2. The molecule has 5 nitrogen and oxygen atoms in total. The fourth-order valence-electron chi connectivity index (χ4n) is 1.97. The van der Waals surface area contributed by atoms with E-state index in [1.165, 1.54) is 24.3 Å². The summed E-state index contributed by atoms with van der Waals surface area (Å²) in [6.07, 6.45) is 0. The summed E-state index contributed by atoms with van der Waals surface area (Å²) in [7, 11) is -4.01. The van der Waals surface area contributed by atoms with Crippen LogP contribution in [0.5, 0.6) is 0 Å². The van der Waals surface area contributed by atoms with Gasteiger partial charge in [0.1, 0.15) is 5.82 Å². The minimum Gasteiger partial charge on any atom is -0.478 e. The molecule has 7 heteroatoms. The predicted molar refractivity (Wildman–Crippen MR) is 80.1 cm³/mol. The number of sulfonamides is 1. The van der Waals surface area contributed by atoms with Crippen molar-refractivity contribution in [2.75, 3.05) is 4.72 Å². The van der Waals surface area contributed by atoms with Crippen LogP contribution in [0.4, 0.5) is 10.1 Å². The summed E-state index contributed by atoms with van der Waals surface area (Å²) in [6.45, 7) is 3.23. The molecule has 0 heterocycles. The third-order valence-corrected chi connectivity index (χ3v) is 4.62. The molecule has 0 aromatic heterocycles. The van der Waals surface area contributed by atoms with Crippen LogP contribution in [-0.4, -0.2) is 19.5 Å². The topological polar surface area (TPSA) is 83.5 Å². The molecule has 0 amide bonds. The third-order valence-electron chi connectivity index (χ3n) is 3.26. The average molecular weight is 323 g/mol. The molecule has 0 saturated heterocycles. The molecule has 2 N–H and O–H groups in total. The molecular formula is C15H14FNO4S. The van der Waals surface area contributed by atoms with Crippen molar-refractivity contribution < 1.29 is 22.7 Å². The van der Waals surface area contributed by atoms with Crippen molar-refractivity contribution in [1.29, 1.82) is 0 Å². The molecule has 0 aliphatic carbocycles. The van der Waals surface area contributed by atoms with Gasteiger partial charge >= 0.3 is 5.97 Å². The Hall–Kier alpha value is -2.41. The van der Waals surface area contributed by atoms with Crippen LogP contribution >= 0.6 is 0 Å². The van der Waals surface area contributed by atoms with Gasteiger partial charge < -0.3 is 5.11 Å². The van der Waals surface area contributed by atoms with Crippen LogP contribution < -0.4 is 4.72 Å². The molecule has 2 aromatic carbocycles. The number of carboxylic acid groups (broad SMARTS) is 1. The van der Waals surface area contributed by atoms with E-state index >= 15 is 0 Å². The molecule has 2 rings (SSSR count). The van der Waals surface area contributed by atoms with Gasteiger partial charge in [-0.3, -0.25) is 4.72 Å². The van der Waals surface area contributed by atoms with Gasteiger partial charge in [-0.05, 0) is 55.3 Å². The first-order valence-corrected chi connectivity index (χ1v) is 7.82. The maximum Gasteiger partial charge on any atom is 0.336 e. The highest BCUT2D eigenvalue weighted by Crippen LogP contribution is 2.22. The normalized spacial score (nSPS) is 11.2. The van der Waals surface area contributed by atoms with Gasteiger partial charge in [-0.1, -0.05) is 6.07 Å². The van der Waals surface area contributed by atoms with E-state index in [1.54, 1.807) is 13.8 Å². The number of hydrogen-bond donors (Lipinski definition) is 2. The quantitative estimate of drug-likeness (QED) is 0.906. The first-order valence-electron chi connectivity index (χ1n) is 6.33. The summed E-state index contributed by atoms with van der Waals surface area (Å²) in [5, 5.41) is 9.14. The SMILES string of the molecule is Cc1cc(S(=O)(=O)Nc2cccc(F)c2)cc(C(=O)O)c1C. The predicted octanol–water partition coefficient (Wildman–Crippen LogP) is 2.94. The second kappa shape index (κ2) is 5.76. The highest BCUT2D eigenvalue weighted by atomic mass is 32.2. The maximum atomic E-state index is 13.1. The smallest absolute Gasteiger partial charge is 0.336 e. The molecule has 2 aromatic rings. The summed E-state index contributed by atoms with van der Waals surface area (Å²) in [4.78, 5) is 11.0. The number of benzene rings is 2. The Bertz CT molecular complexity index is 847. The number of carboxylic acids is 1. The van der Waals surface area contributed by atoms with Crippen molar-refractivity contribution in [3.05, 3.63) is 58.9 Å². The van der Waals surface area contributed by atoms with Crippen LogP contribution in [-0.2, 0) is 10.0 Å². The molecule has 0 bridgehead atoms. The molecular weight excluding hydrogens is 309 g/mol. The Balaban J connectivity index is 2.48. The molecule has 0 atom stereocenters. The summed E-state index contributed by atoms with van der Waals surface area (Å²) < 4.78 is 40.0. The molecule has 0 aliphatic rings. The number of rotatable bonds is 4. The molecule has 0 saturated carbocycles. The average Bonchev–Trinajstić information content (AvgIpc) is 2.40. The number of carbonyl (C=O) groups is 1. The summed E-state index contributed by atoms with van der Waals surface area (Å²) in [6, 6.07) is 7.47. The molecule has 0 spiro atoms. The van der Waals surface area contributed by atoms with Crippen molar-refractivity contribution in [2.24, 2.45) is 0 Å². The zero-order chi connectivity index (χ0) is 16.5. The molecule has 22 heavy (non-hydrogen) atoms. The number of aryl methyl sites for hydroxylation is 1. The number of anilines is 1. The van der Waals surface area contributed by atoms with Gasteiger partial charge in [-0.25, -0.2) is 17.6 Å². The van der Waals surface area contributed by atoms with E-state index in [1.807, 2.05) is 0 Å². The van der Waals surface area contributed by atoms with Crippen LogP contribution in [0.2, 0.25) is 0 Å². The Morgan fingerprint density at radius 3 is 2.45 bits per heavy atom. The van der Waals surface area contributed by atoms with E-state index in [0.29, 0.717) is 11.1 Å². The highest BCUT2D eigenvalue weighted by Gasteiger charge is 2.19. The minimum absolute atomic E-state index is 0.0649. The van der Waals surface area contributed by atoms with E-state index in [-0.39, 0.29) is 16.1 Å². The molecule has 0 aliphatic heterocycles. The van der Waals surface area contributed by atoms with Crippen molar-refractivity contribution in [2.45, 2.75) is 18.7 Å². The van der Waals surface area contributed by atoms with Crippen LogP contribution in [0.1, 0.15) is 21.5 Å². The molecule has 116 valence electrons. The van der Waals surface area contributed by atoms with Crippen molar-refractivity contribution in [3.63, 3.8) is 0 Å². The minimum atomic E-state index is -4.01. The van der Waals surface area contributed by atoms with Gasteiger partial charge in [-0.2, -0.15) is 0 Å². The van der Waals surface area contributed by atoms with Crippen LogP contribution in [0.25, 0.3) is 0 Å². The standard InChI is InChI=1S/C15H14FNO4S/c1-9-6-13(8-14(10(9)2)15(18)19)22(20,21)17-12-5-3-4-11(16)7-12/h3-8,17H,1-2H3,(H,18,19). The number of hydrogen-bond acceptors (Lipinski definition) is 3. The Kier molecular flexibility index (Phi) is 4.18. The third kappa shape index (κ3) is 3.25. The number of aromatic carboxylic acids is 1. The van der Waals surface area contributed by atoms with Crippen molar-refractivity contribution in [3.8, 4) is 0 Å². The number of halogens is 1. The molecule has 0 unspecified atom stereocenters. The fourth-order valence-corrected chi connectivity index (χ4v) is 3.13. The van der Waals surface area contributed by atoms with Gasteiger partial charge in [0.2, 0.25) is 0 Å². The Morgan fingerprint density at radius 1 is 1.18 bits per heavy atom. The van der Waals surface area contributed by atoms with Crippen molar-refractivity contribution >= 4 is 21.7 Å². The lowest BCUT2D eigenvalue weighted by molar-refractivity contribution is 0.0695. The van der Waals surface area contributed by atoms with Crippen LogP contribution in [0.3, 0.4) is 0 Å². The maximum absolute atomic E-state index is 13.1. The zero-order valence-electron chi connectivity index (χ0n) is 11.9. The van der Waals surface area contributed by atoms with E-state index < -0.39 is 21.8 Å². The monoisotopic (exact) mass is 323 g/mol. The largest absolute Gasteiger partial charge is 0.478 e. The van der Waals surface area contributed by atoms with E-state index in [4.69, 9.17) is 5.11 Å². The lowest BCUT2D eigenvalue weighted by atomic mass is 10.0. The van der Waals surface area contributed by atoms with Gasteiger partial charge in [0.05, 0.1) is 16.1 Å². The van der Waals surface area contributed by atoms with Crippen molar-refractivity contribution in [1.82, 2.24) is 0 Å². The Morgan fingerprint density at radius 2 is 1.86 bits per heavy atom. The van der Waals surface area contributed by atoms with Gasteiger partial charge in [0.25, 0.3) is 10.0 Å². The van der Waals surface area contributed by atoms with Crippen LogP contribution in [0.15, 0.2) is 41.3 Å². The van der Waals surface area contributed by atoms with E-state index in [0.717, 1.165) is 12.1 Å². The number of nitrogens with one attached hydrogen (secondary N) is 1.